The van der Waals surface area contributed by atoms with Crippen molar-refractivity contribution in [1.82, 2.24) is 5.32 Å². The lowest BCUT2D eigenvalue weighted by molar-refractivity contribution is -0.142. The zero-order chi connectivity index (χ0) is 14.5. The number of ether oxygens (including phenoxy) is 1. The van der Waals surface area contributed by atoms with Crippen LogP contribution in [0.2, 0.25) is 0 Å². The molecule has 108 valence electrons. The topological polar surface area (TPSA) is 78.9 Å². The average Bonchev–Trinajstić information content (AvgIpc) is 2.89. The first-order valence-electron chi connectivity index (χ1n) is 6.57. The van der Waals surface area contributed by atoms with E-state index in [0.717, 1.165) is 5.69 Å². The molecule has 1 aliphatic heterocycles. The SMILES string of the molecule is CCN(C(=O)NC1COCC1C(=O)O)c1ccccc1. The third-order valence-corrected chi connectivity index (χ3v) is 3.34. The second-order valence-corrected chi connectivity index (χ2v) is 4.62. The summed E-state index contributed by atoms with van der Waals surface area (Å²) in [5.74, 6) is -1.64. The van der Waals surface area contributed by atoms with Crippen molar-refractivity contribution in [3.8, 4) is 0 Å². The van der Waals surface area contributed by atoms with Crippen molar-refractivity contribution in [2.24, 2.45) is 5.92 Å². The van der Waals surface area contributed by atoms with Crippen LogP contribution in [0.1, 0.15) is 6.92 Å². The summed E-state index contributed by atoms with van der Waals surface area (Å²) >= 11 is 0. The van der Waals surface area contributed by atoms with E-state index < -0.39 is 17.9 Å². The van der Waals surface area contributed by atoms with E-state index in [4.69, 9.17) is 9.84 Å². The van der Waals surface area contributed by atoms with Crippen molar-refractivity contribution >= 4 is 17.7 Å². The summed E-state index contributed by atoms with van der Waals surface area (Å²) in [5, 5.41) is 11.8. The molecule has 1 fully saturated rings. The Kier molecular flexibility index (Phi) is 4.57. The molecule has 2 rings (SSSR count). The highest BCUT2D eigenvalue weighted by Gasteiger charge is 2.35. The Morgan fingerprint density at radius 2 is 2.05 bits per heavy atom. The number of nitrogens with one attached hydrogen (secondary N) is 1. The molecule has 0 spiro atoms. The van der Waals surface area contributed by atoms with Crippen LogP contribution < -0.4 is 10.2 Å². The van der Waals surface area contributed by atoms with Gasteiger partial charge in [-0.2, -0.15) is 0 Å². The number of urea groups is 1. The van der Waals surface area contributed by atoms with Crippen molar-refractivity contribution < 1.29 is 19.4 Å². The van der Waals surface area contributed by atoms with Gasteiger partial charge in [0.25, 0.3) is 0 Å². The number of carboxylic acids is 1. The van der Waals surface area contributed by atoms with Crippen LogP contribution in [0, 0.1) is 5.92 Å². The number of aliphatic carboxylic acids is 1. The third-order valence-electron chi connectivity index (χ3n) is 3.34. The number of carboxylic acid groups (broad SMARTS) is 1. The van der Waals surface area contributed by atoms with Crippen LogP contribution in [0.15, 0.2) is 30.3 Å². The third kappa shape index (κ3) is 3.08. The molecule has 0 aliphatic carbocycles. The molecule has 0 bridgehead atoms. The van der Waals surface area contributed by atoms with E-state index in [-0.39, 0.29) is 19.2 Å². The fourth-order valence-electron chi connectivity index (χ4n) is 2.23. The molecule has 1 aromatic rings. The van der Waals surface area contributed by atoms with Gasteiger partial charge in [-0.1, -0.05) is 18.2 Å². The van der Waals surface area contributed by atoms with Gasteiger partial charge in [-0.3, -0.25) is 9.69 Å². The number of carbonyl (C=O) groups excluding carboxylic acids is 1. The molecule has 2 atom stereocenters. The van der Waals surface area contributed by atoms with Gasteiger partial charge in [-0.25, -0.2) is 4.79 Å². The van der Waals surface area contributed by atoms with Crippen molar-refractivity contribution in [3.63, 3.8) is 0 Å². The summed E-state index contributed by atoms with van der Waals surface area (Å²) in [6.07, 6.45) is 0. The maximum absolute atomic E-state index is 12.3. The Bertz CT molecular complexity index is 477. The number of para-hydroxylation sites is 1. The van der Waals surface area contributed by atoms with Crippen LogP contribution in [0.5, 0.6) is 0 Å². The van der Waals surface area contributed by atoms with Gasteiger partial charge in [0.1, 0.15) is 5.92 Å². The molecule has 1 aliphatic rings. The smallest absolute Gasteiger partial charge is 0.322 e. The number of anilines is 1. The maximum atomic E-state index is 12.3. The van der Waals surface area contributed by atoms with E-state index in [0.29, 0.717) is 6.54 Å². The summed E-state index contributed by atoms with van der Waals surface area (Å²) in [6, 6.07) is 8.46. The highest BCUT2D eigenvalue weighted by Crippen LogP contribution is 2.17. The van der Waals surface area contributed by atoms with E-state index in [1.807, 2.05) is 37.3 Å². The number of carbonyl (C=O) groups is 2. The summed E-state index contributed by atoms with van der Waals surface area (Å²) < 4.78 is 5.14. The Morgan fingerprint density at radius 3 is 2.65 bits per heavy atom. The second kappa shape index (κ2) is 6.38. The number of amides is 2. The molecule has 1 saturated heterocycles. The molecule has 2 unspecified atom stereocenters. The van der Waals surface area contributed by atoms with E-state index >= 15 is 0 Å². The number of benzene rings is 1. The molecule has 0 radical (unpaired) electrons. The largest absolute Gasteiger partial charge is 0.481 e. The first kappa shape index (κ1) is 14.3. The standard InChI is InChI=1S/C14H18N2O4/c1-2-16(10-6-4-3-5-7-10)14(19)15-12-9-20-8-11(12)13(17)18/h3-7,11-12H,2,8-9H2,1H3,(H,15,19)(H,17,18). The Balaban J connectivity index is 2.05. The Hall–Kier alpha value is -2.08. The molecule has 2 N–H and O–H groups in total. The summed E-state index contributed by atoms with van der Waals surface area (Å²) in [6.45, 7) is 2.74. The number of hydrogen-bond acceptors (Lipinski definition) is 3. The van der Waals surface area contributed by atoms with Crippen molar-refractivity contribution in [1.29, 1.82) is 0 Å². The lowest BCUT2D eigenvalue weighted by atomic mass is 10.0. The predicted octanol–water partition coefficient (Wildman–Crippen LogP) is 1.32. The molecule has 2 amide bonds. The molecular formula is C14H18N2O4. The van der Waals surface area contributed by atoms with Crippen molar-refractivity contribution in [2.45, 2.75) is 13.0 Å². The predicted molar refractivity (Wildman–Crippen MR) is 73.7 cm³/mol. The minimum Gasteiger partial charge on any atom is -0.481 e. The normalized spacial score (nSPS) is 21.4. The second-order valence-electron chi connectivity index (χ2n) is 4.62. The Labute approximate surface area is 117 Å². The van der Waals surface area contributed by atoms with Gasteiger partial charge >= 0.3 is 12.0 Å². The first-order chi connectivity index (χ1) is 9.63. The van der Waals surface area contributed by atoms with E-state index in [9.17, 15) is 9.59 Å². The minimum atomic E-state index is -0.949. The van der Waals surface area contributed by atoms with Crippen LogP contribution in [-0.2, 0) is 9.53 Å². The molecule has 6 nitrogen and oxygen atoms in total. The first-order valence-corrected chi connectivity index (χ1v) is 6.57. The van der Waals surface area contributed by atoms with Gasteiger partial charge in [0, 0.05) is 12.2 Å². The Morgan fingerprint density at radius 1 is 1.35 bits per heavy atom. The highest BCUT2D eigenvalue weighted by atomic mass is 16.5. The van der Waals surface area contributed by atoms with Gasteiger partial charge < -0.3 is 15.2 Å². The fraction of sp³-hybridized carbons (Fsp3) is 0.429. The lowest BCUT2D eigenvalue weighted by Gasteiger charge is -2.24. The summed E-state index contributed by atoms with van der Waals surface area (Å²) in [4.78, 5) is 24.9. The van der Waals surface area contributed by atoms with Crippen LogP contribution >= 0.6 is 0 Å². The highest BCUT2D eigenvalue weighted by molar-refractivity contribution is 5.92. The quantitative estimate of drug-likeness (QED) is 0.870. The average molecular weight is 278 g/mol. The zero-order valence-electron chi connectivity index (χ0n) is 11.3. The van der Waals surface area contributed by atoms with Crippen molar-refractivity contribution in [2.75, 3.05) is 24.7 Å². The van der Waals surface area contributed by atoms with Gasteiger partial charge in [-0.05, 0) is 19.1 Å². The van der Waals surface area contributed by atoms with Crippen LogP contribution in [0.3, 0.4) is 0 Å². The lowest BCUT2D eigenvalue weighted by Crippen LogP contribution is -2.49. The van der Waals surface area contributed by atoms with Gasteiger partial charge in [0.2, 0.25) is 0 Å². The molecule has 0 aromatic heterocycles. The molecule has 20 heavy (non-hydrogen) atoms. The van der Waals surface area contributed by atoms with Crippen LogP contribution in [0.4, 0.5) is 10.5 Å². The number of hydrogen-bond donors (Lipinski definition) is 2. The van der Waals surface area contributed by atoms with E-state index in [2.05, 4.69) is 5.32 Å². The number of nitrogens with zero attached hydrogens (tertiary/aromatic N) is 1. The van der Waals surface area contributed by atoms with Gasteiger partial charge in [0.15, 0.2) is 0 Å². The van der Waals surface area contributed by atoms with E-state index in [1.165, 1.54) is 0 Å². The molecule has 1 heterocycles. The molecule has 0 saturated carbocycles. The number of rotatable bonds is 4. The van der Waals surface area contributed by atoms with Gasteiger partial charge in [-0.15, -0.1) is 0 Å². The zero-order valence-corrected chi connectivity index (χ0v) is 11.3. The fourth-order valence-corrected chi connectivity index (χ4v) is 2.23. The van der Waals surface area contributed by atoms with Gasteiger partial charge in [0.05, 0.1) is 19.3 Å². The van der Waals surface area contributed by atoms with Crippen molar-refractivity contribution in [3.05, 3.63) is 30.3 Å². The summed E-state index contributed by atoms with van der Waals surface area (Å²) in [7, 11) is 0. The molecule has 6 heteroatoms. The van der Waals surface area contributed by atoms with Crippen LogP contribution in [0.25, 0.3) is 0 Å². The maximum Gasteiger partial charge on any atom is 0.322 e. The minimum absolute atomic E-state index is 0.137. The molecule has 1 aromatic carbocycles. The van der Waals surface area contributed by atoms with Crippen LogP contribution in [-0.4, -0.2) is 42.9 Å². The van der Waals surface area contributed by atoms with E-state index in [1.54, 1.807) is 4.90 Å². The molecular weight excluding hydrogens is 260 g/mol. The summed E-state index contributed by atoms with van der Waals surface area (Å²) in [5.41, 5.74) is 0.776. The monoisotopic (exact) mass is 278 g/mol.